The van der Waals surface area contributed by atoms with Crippen molar-refractivity contribution in [1.29, 1.82) is 0 Å². The van der Waals surface area contributed by atoms with Crippen LogP contribution in [0.25, 0.3) is 0 Å². The predicted molar refractivity (Wildman–Crippen MR) is 58.2 cm³/mol. The maximum Gasteiger partial charge on any atom is 0.250 e. The van der Waals surface area contributed by atoms with Gasteiger partial charge in [0.25, 0.3) is 10.0 Å². The summed E-state index contributed by atoms with van der Waals surface area (Å²) in [5.41, 5.74) is -0.248. The van der Waals surface area contributed by atoms with Crippen LogP contribution in [-0.4, -0.2) is 19.1 Å². The molecule has 2 rings (SSSR count). The lowest BCUT2D eigenvalue weighted by molar-refractivity contribution is 0.285. The molecule has 0 aromatic carbocycles. The molecule has 2 N–H and O–H groups in total. The molecule has 1 aliphatic carbocycles. The maximum absolute atomic E-state index is 11.8. The highest BCUT2D eigenvalue weighted by atomic mass is 32.2. The third-order valence-electron chi connectivity index (χ3n) is 2.44. The molecule has 6 heteroatoms. The van der Waals surface area contributed by atoms with Crippen LogP contribution in [0.2, 0.25) is 0 Å². The first-order chi connectivity index (χ1) is 6.95. The van der Waals surface area contributed by atoms with Gasteiger partial charge in [-0.05, 0) is 31.9 Å². The van der Waals surface area contributed by atoms with Gasteiger partial charge in [-0.1, -0.05) is 0 Å². The van der Waals surface area contributed by atoms with Crippen molar-refractivity contribution >= 4 is 21.4 Å². The molecule has 15 heavy (non-hydrogen) atoms. The van der Waals surface area contributed by atoms with E-state index in [1.807, 2.05) is 6.92 Å². The fourth-order valence-electron chi connectivity index (χ4n) is 1.25. The summed E-state index contributed by atoms with van der Waals surface area (Å²) in [6.45, 7) is 1.78. The largest absolute Gasteiger partial charge is 0.391 e. The first-order valence-corrected chi connectivity index (χ1v) is 6.99. The van der Waals surface area contributed by atoms with E-state index in [0.717, 1.165) is 24.2 Å². The van der Waals surface area contributed by atoms with E-state index in [1.54, 1.807) is 6.07 Å². The average Bonchev–Trinajstić information content (AvgIpc) is 2.71. The third-order valence-corrected chi connectivity index (χ3v) is 5.64. The van der Waals surface area contributed by atoms with Crippen LogP contribution in [-0.2, 0) is 16.6 Å². The van der Waals surface area contributed by atoms with Crippen LogP contribution in [0, 0.1) is 0 Å². The van der Waals surface area contributed by atoms with Crippen LogP contribution in [0.15, 0.2) is 16.3 Å². The second kappa shape index (κ2) is 3.55. The minimum Gasteiger partial charge on any atom is -0.391 e. The average molecular weight is 247 g/mol. The van der Waals surface area contributed by atoms with Gasteiger partial charge in [0.15, 0.2) is 0 Å². The molecule has 1 aromatic rings. The van der Waals surface area contributed by atoms with Crippen LogP contribution in [0.3, 0.4) is 0 Å². The molecule has 0 aliphatic heterocycles. The molecule has 1 fully saturated rings. The lowest BCUT2D eigenvalue weighted by atomic mass is 10.4. The molecule has 0 radical (unpaired) electrons. The predicted octanol–water partition coefficient (Wildman–Crippen LogP) is 1.07. The van der Waals surface area contributed by atoms with Crippen LogP contribution in [0.4, 0.5) is 0 Å². The summed E-state index contributed by atoms with van der Waals surface area (Å²) >= 11 is 1.11. The molecule has 0 unspecified atom stereocenters. The molecule has 0 bridgehead atoms. The molecule has 0 atom stereocenters. The Morgan fingerprint density at radius 1 is 1.53 bits per heavy atom. The van der Waals surface area contributed by atoms with Crippen molar-refractivity contribution in [2.45, 2.75) is 36.1 Å². The van der Waals surface area contributed by atoms with Crippen molar-refractivity contribution in [3.05, 3.63) is 17.0 Å². The molecule has 1 saturated carbocycles. The number of hydrogen-bond donors (Lipinski definition) is 2. The lowest BCUT2D eigenvalue weighted by Gasteiger charge is -2.10. The van der Waals surface area contributed by atoms with Gasteiger partial charge in [-0.25, -0.2) is 13.1 Å². The number of thiophene rings is 1. The molecule has 1 aromatic heterocycles. The normalized spacial score (nSPS) is 19.1. The highest BCUT2D eigenvalue weighted by molar-refractivity contribution is 7.91. The molecule has 84 valence electrons. The summed E-state index contributed by atoms with van der Waals surface area (Å²) in [7, 11) is -3.39. The van der Waals surface area contributed by atoms with E-state index in [1.165, 1.54) is 6.07 Å². The fourth-order valence-corrected chi connectivity index (χ4v) is 3.93. The fraction of sp³-hybridized carbons (Fsp3) is 0.556. The Kier molecular flexibility index (Phi) is 2.62. The zero-order valence-electron chi connectivity index (χ0n) is 8.36. The molecule has 0 amide bonds. The smallest absolute Gasteiger partial charge is 0.250 e. The summed E-state index contributed by atoms with van der Waals surface area (Å²) in [5.74, 6) is 0. The van der Waals surface area contributed by atoms with Gasteiger partial charge in [0.2, 0.25) is 0 Å². The van der Waals surface area contributed by atoms with E-state index < -0.39 is 10.0 Å². The Labute approximate surface area is 93.0 Å². The van der Waals surface area contributed by atoms with E-state index >= 15 is 0 Å². The van der Waals surface area contributed by atoms with Gasteiger partial charge in [0.1, 0.15) is 4.21 Å². The quantitative estimate of drug-likeness (QED) is 0.836. The van der Waals surface area contributed by atoms with Crippen molar-refractivity contribution in [3.63, 3.8) is 0 Å². The highest BCUT2D eigenvalue weighted by Crippen LogP contribution is 2.36. The SMILES string of the molecule is CC1(NS(=O)(=O)c2ccc(CO)s2)CC1. The number of nitrogens with one attached hydrogen (secondary N) is 1. The highest BCUT2D eigenvalue weighted by Gasteiger charge is 2.41. The molecule has 0 saturated heterocycles. The minimum absolute atomic E-state index is 0.114. The van der Waals surface area contributed by atoms with Crippen LogP contribution >= 0.6 is 11.3 Å². The van der Waals surface area contributed by atoms with Gasteiger partial charge in [-0.15, -0.1) is 11.3 Å². The number of hydrogen-bond acceptors (Lipinski definition) is 4. The second-order valence-corrected chi connectivity index (χ2v) is 7.12. The van der Waals surface area contributed by atoms with Gasteiger partial charge in [-0.3, -0.25) is 0 Å². The van der Waals surface area contributed by atoms with Gasteiger partial charge in [0.05, 0.1) is 6.61 Å². The van der Waals surface area contributed by atoms with E-state index in [-0.39, 0.29) is 16.4 Å². The summed E-state index contributed by atoms with van der Waals surface area (Å²) < 4.78 is 26.6. The Balaban J connectivity index is 2.21. The van der Waals surface area contributed by atoms with Crippen molar-refractivity contribution in [2.75, 3.05) is 0 Å². The van der Waals surface area contributed by atoms with E-state index in [9.17, 15) is 8.42 Å². The van der Waals surface area contributed by atoms with Gasteiger partial charge in [0, 0.05) is 10.4 Å². The van der Waals surface area contributed by atoms with Crippen molar-refractivity contribution in [1.82, 2.24) is 4.72 Å². The number of aliphatic hydroxyl groups is 1. The Morgan fingerprint density at radius 3 is 2.67 bits per heavy atom. The summed E-state index contributed by atoms with van der Waals surface area (Å²) in [6, 6.07) is 3.17. The standard InChI is InChI=1S/C9H13NO3S2/c1-9(4-5-9)10-15(12,13)8-3-2-7(6-11)14-8/h2-3,10-11H,4-6H2,1H3. The summed E-state index contributed by atoms with van der Waals surface area (Å²) in [4.78, 5) is 0.663. The molecule has 4 nitrogen and oxygen atoms in total. The third kappa shape index (κ3) is 2.39. The summed E-state index contributed by atoms with van der Waals surface area (Å²) in [6.07, 6.45) is 1.79. The Hall–Kier alpha value is -0.430. The van der Waals surface area contributed by atoms with Crippen molar-refractivity contribution in [2.24, 2.45) is 0 Å². The molecular weight excluding hydrogens is 234 g/mol. The Morgan fingerprint density at radius 2 is 2.20 bits per heavy atom. The topological polar surface area (TPSA) is 66.4 Å². The molecule has 1 aliphatic rings. The van der Waals surface area contributed by atoms with Gasteiger partial charge < -0.3 is 5.11 Å². The van der Waals surface area contributed by atoms with Crippen LogP contribution in [0.5, 0.6) is 0 Å². The first-order valence-electron chi connectivity index (χ1n) is 4.69. The molecule has 0 spiro atoms. The minimum atomic E-state index is -3.39. The van der Waals surface area contributed by atoms with Crippen molar-refractivity contribution in [3.8, 4) is 0 Å². The second-order valence-electron chi connectivity index (χ2n) is 4.05. The zero-order valence-corrected chi connectivity index (χ0v) is 9.99. The maximum atomic E-state index is 11.8. The Bertz CT molecular complexity index is 459. The van der Waals surface area contributed by atoms with Crippen LogP contribution in [0.1, 0.15) is 24.6 Å². The van der Waals surface area contributed by atoms with E-state index in [2.05, 4.69) is 4.72 Å². The first kappa shape index (κ1) is 11.1. The number of sulfonamides is 1. The van der Waals surface area contributed by atoms with Gasteiger partial charge >= 0.3 is 0 Å². The monoisotopic (exact) mass is 247 g/mol. The molecular formula is C9H13NO3S2. The molecule has 1 heterocycles. The van der Waals surface area contributed by atoms with Gasteiger partial charge in [-0.2, -0.15) is 0 Å². The van der Waals surface area contributed by atoms with E-state index in [4.69, 9.17) is 5.11 Å². The number of rotatable bonds is 4. The van der Waals surface area contributed by atoms with E-state index in [0.29, 0.717) is 4.88 Å². The van der Waals surface area contributed by atoms with Crippen molar-refractivity contribution < 1.29 is 13.5 Å². The summed E-state index contributed by atoms with van der Waals surface area (Å²) in [5, 5.41) is 8.86. The lowest BCUT2D eigenvalue weighted by Crippen LogP contribution is -2.33. The zero-order chi connectivity index (χ0) is 11.1. The van der Waals surface area contributed by atoms with Crippen LogP contribution < -0.4 is 4.72 Å². The number of aliphatic hydroxyl groups excluding tert-OH is 1.